The summed E-state index contributed by atoms with van der Waals surface area (Å²) in [5, 5.41) is 8.92. The van der Waals surface area contributed by atoms with E-state index in [4.69, 9.17) is 14.7 Å². The van der Waals surface area contributed by atoms with Gasteiger partial charge in [0.15, 0.2) is 0 Å². The molecule has 0 amide bonds. The monoisotopic (exact) mass is 415 g/mol. The molecule has 3 aromatic rings. The summed E-state index contributed by atoms with van der Waals surface area (Å²) in [6.45, 7) is 5.28. The standard InChI is InChI=1S/C23H21N5O3/c1-15-18(3-4-19-20(15)13-31-23(19)29)21-12-27(6-7-30-21)10-17-11-28(14-26-17)22-5-2-16(8-24)9-25-22/h2-5,9,11,14,21H,6-7,10,12-13H2,1H3/t21-/m1/s1. The quantitative estimate of drug-likeness (QED) is 0.605. The highest BCUT2D eigenvalue weighted by Gasteiger charge is 2.29. The van der Waals surface area contributed by atoms with Crippen molar-refractivity contribution in [3.05, 3.63) is 76.5 Å². The van der Waals surface area contributed by atoms with E-state index in [9.17, 15) is 4.79 Å². The van der Waals surface area contributed by atoms with Gasteiger partial charge in [0.25, 0.3) is 0 Å². The van der Waals surface area contributed by atoms with E-state index < -0.39 is 0 Å². The van der Waals surface area contributed by atoms with E-state index in [1.807, 2.05) is 29.8 Å². The molecule has 4 heterocycles. The highest BCUT2D eigenvalue weighted by Crippen LogP contribution is 2.32. The minimum absolute atomic E-state index is 0.0583. The Morgan fingerprint density at radius 3 is 2.97 bits per heavy atom. The summed E-state index contributed by atoms with van der Waals surface area (Å²) in [5.74, 6) is 0.478. The van der Waals surface area contributed by atoms with Crippen molar-refractivity contribution < 1.29 is 14.3 Å². The van der Waals surface area contributed by atoms with E-state index in [1.54, 1.807) is 24.7 Å². The number of morpholine rings is 1. The molecule has 0 aliphatic carbocycles. The SMILES string of the molecule is Cc1c([C@H]2CN(Cc3cn(-c4ccc(C#N)cn4)cn3)CCO2)ccc2c1COC2=O. The summed E-state index contributed by atoms with van der Waals surface area (Å²) < 4.78 is 13.1. The number of pyridine rings is 1. The van der Waals surface area contributed by atoms with Gasteiger partial charge in [0.2, 0.25) is 0 Å². The third kappa shape index (κ3) is 3.69. The van der Waals surface area contributed by atoms with Gasteiger partial charge in [-0.2, -0.15) is 5.26 Å². The van der Waals surface area contributed by atoms with Crippen LogP contribution in [0.25, 0.3) is 5.82 Å². The Labute approximate surface area is 179 Å². The van der Waals surface area contributed by atoms with Gasteiger partial charge in [0.05, 0.1) is 29.5 Å². The molecule has 8 nitrogen and oxygen atoms in total. The number of cyclic esters (lactones) is 1. The van der Waals surface area contributed by atoms with Crippen molar-refractivity contribution in [3.8, 4) is 11.9 Å². The second-order valence-corrected chi connectivity index (χ2v) is 7.77. The maximum Gasteiger partial charge on any atom is 0.338 e. The number of imidazole rings is 1. The Hall–Kier alpha value is -3.54. The van der Waals surface area contributed by atoms with E-state index in [0.717, 1.165) is 41.3 Å². The van der Waals surface area contributed by atoms with Crippen LogP contribution in [-0.4, -0.2) is 45.1 Å². The molecule has 2 aliphatic heterocycles. The van der Waals surface area contributed by atoms with Gasteiger partial charge >= 0.3 is 5.97 Å². The molecular weight excluding hydrogens is 394 g/mol. The van der Waals surface area contributed by atoms with E-state index in [-0.39, 0.29) is 12.1 Å². The van der Waals surface area contributed by atoms with Crippen LogP contribution in [0.5, 0.6) is 0 Å². The Kier molecular flexibility index (Phi) is 4.98. The van der Waals surface area contributed by atoms with E-state index in [0.29, 0.717) is 30.9 Å². The number of hydrogen-bond donors (Lipinski definition) is 0. The highest BCUT2D eigenvalue weighted by molar-refractivity contribution is 5.93. The van der Waals surface area contributed by atoms with E-state index in [1.165, 1.54) is 0 Å². The van der Waals surface area contributed by atoms with Gasteiger partial charge in [-0.3, -0.25) is 9.47 Å². The van der Waals surface area contributed by atoms with Crippen LogP contribution in [-0.2, 0) is 22.6 Å². The van der Waals surface area contributed by atoms with Crippen LogP contribution in [0.1, 0.15) is 44.4 Å². The zero-order valence-electron chi connectivity index (χ0n) is 17.1. The smallest absolute Gasteiger partial charge is 0.338 e. The molecule has 31 heavy (non-hydrogen) atoms. The molecule has 1 saturated heterocycles. The van der Waals surface area contributed by atoms with Crippen molar-refractivity contribution in [1.29, 1.82) is 5.26 Å². The highest BCUT2D eigenvalue weighted by atomic mass is 16.5. The van der Waals surface area contributed by atoms with Gasteiger partial charge in [-0.1, -0.05) is 6.07 Å². The van der Waals surface area contributed by atoms with Crippen LogP contribution in [0.3, 0.4) is 0 Å². The lowest BCUT2D eigenvalue weighted by Gasteiger charge is -2.33. The number of hydrogen-bond acceptors (Lipinski definition) is 7. The van der Waals surface area contributed by atoms with Crippen LogP contribution >= 0.6 is 0 Å². The van der Waals surface area contributed by atoms with Crippen LogP contribution in [0.2, 0.25) is 0 Å². The molecule has 0 saturated carbocycles. The Morgan fingerprint density at radius 2 is 2.16 bits per heavy atom. The molecule has 1 aromatic carbocycles. The Bertz CT molecular complexity index is 1180. The number of esters is 1. The van der Waals surface area contributed by atoms with Crippen molar-refractivity contribution in [2.24, 2.45) is 0 Å². The first-order valence-electron chi connectivity index (χ1n) is 10.1. The zero-order chi connectivity index (χ0) is 21.4. The molecule has 5 rings (SSSR count). The second-order valence-electron chi connectivity index (χ2n) is 7.77. The third-order valence-electron chi connectivity index (χ3n) is 5.87. The van der Waals surface area contributed by atoms with E-state index in [2.05, 4.69) is 20.9 Å². The Balaban J connectivity index is 1.29. The first kappa shape index (κ1) is 19.4. The van der Waals surface area contributed by atoms with Crippen molar-refractivity contribution in [3.63, 3.8) is 0 Å². The zero-order valence-corrected chi connectivity index (χ0v) is 17.1. The first-order valence-corrected chi connectivity index (χ1v) is 10.1. The number of carbonyl (C=O) groups excluding carboxylic acids is 1. The number of benzene rings is 1. The lowest BCUT2D eigenvalue weighted by molar-refractivity contribution is -0.0335. The average molecular weight is 415 g/mol. The van der Waals surface area contributed by atoms with Gasteiger partial charge in [0, 0.05) is 37.6 Å². The second kappa shape index (κ2) is 7.95. The third-order valence-corrected chi connectivity index (χ3v) is 5.87. The summed E-state index contributed by atoms with van der Waals surface area (Å²) in [6.07, 6.45) is 5.20. The summed E-state index contributed by atoms with van der Waals surface area (Å²) in [4.78, 5) is 23.0. The molecule has 0 radical (unpaired) electrons. The minimum atomic E-state index is -0.247. The van der Waals surface area contributed by atoms with Crippen LogP contribution in [0.15, 0.2) is 43.0 Å². The fourth-order valence-electron chi connectivity index (χ4n) is 4.16. The summed E-state index contributed by atoms with van der Waals surface area (Å²) in [7, 11) is 0. The van der Waals surface area contributed by atoms with Crippen LogP contribution in [0.4, 0.5) is 0 Å². The molecule has 0 bridgehead atoms. The molecule has 0 N–H and O–H groups in total. The van der Waals surface area contributed by atoms with Gasteiger partial charge in [-0.05, 0) is 36.2 Å². The molecule has 2 aromatic heterocycles. The van der Waals surface area contributed by atoms with Crippen molar-refractivity contribution in [1.82, 2.24) is 19.4 Å². The number of aromatic nitrogens is 3. The topological polar surface area (TPSA) is 93.3 Å². The number of nitrogens with zero attached hydrogens (tertiary/aromatic N) is 5. The molecule has 1 fully saturated rings. The summed E-state index contributed by atoms with van der Waals surface area (Å²) in [5.41, 5.74) is 5.28. The number of fused-ring (bicyclic) bond motifs is 1. The van der Waals surface area contributed by atoms with Crippen molar-refractivity contribution in [2.75, 3.05) is 19.7 Å². The fourth-order valence-corrected chi connectivity index (χ4v) is 4.16. The number of rotatable bonds is 4. The Morgan fingerprint density at radius 1 is 1.26 bits per heavy atom. The van der Waals surface area contributed by atoms with Gasteiger partial charge < -0.3 is 9.47 Å². The predicted molar refractivity (Wildman–Crippen MR) is 110 cm³/mol. The lowest BCUT2D eigenvalue weighted by Crippen LogP contribution is -2.38. The number of carbonyl (C=O) groups is 1. The average Bonchev–Trinajstić information content (AvgIpc) is 3.42. The van der Waals surface area contributed by atoms with Crippen molar-refractivity contribution >= 4 is 5.97 Å². The molecule has 156 valence electrons. The maximum atomic E-state index is 11.8. The molecule has 8 heteroatoms. The summed E-state index contributed by atoms with van der Waals surface area (Å²) >= 11 is 0. The maximum absolute atomic E-state index is 11.8. The minimum Gasteiger partial charge on any atom is -0.457 e. The fraction of sp³-hybridized carbons (Fsp3) is 0.304. The first-order chi connectivity index (χ1) is 15.1. The van der Waals surface area contributed by atoms with Gasteiger partial charge in [-0.25, -0.2) is 14.8 Å². The molecule has 2 aliphatic rings. The van der Waals surface area contributed by atoms with Crippen LogP contribution < -0.4 is 0 Å². The molecular formula is C23H21N5O3. The molecule has 1 atom stereocenters. The number of nitriles is 1. The van der Waals surface area contributed by atoms with Crippen LogP contribution in [0, 0.1) is 18.3 Å². The van der Waals surface area contributed by atoms with Crippen molar-refractivity contribution in [2.45, 2.75) is 26.2 Å². The predicted octanol–water partition coefficient (Wildman–Crippen LogP) is 2.69. The summed E-state index contributed by atoms with van der Waals surface area (Å²) in [6, 6.07) is 9.46. The molecule has 0 spiro atoms. The van der Waals surface area contributed by atoms with E-state index >= 15 is 0 Å². The lowest BCUT2D eigenvalue weighted by atomic mass is 9.94. The largest absolute Gasteiger partial charge is 0.457 e. The normalized spacial score (nSPS) is 18.5. The van der Waals surface area contributed by atoms with Gasteiger partial charge in [-0.15, -0.1) is 0 Å². The number of ether oxygens (including phenoxy) is 2. The molecule has 0 unspecified atom stereocenters. The van der Waals surface area contributed by atoms with Gasteiger partial charge in [0.1, 0.15) is 24.8 Å².